The Kier molecular flexibility index (Phi) is 6.01. The van der Waals surface area contributed by atoms with Crippen LogP contribution in [0.25, 0.3) is 0 Å². The summed E-state index contributed by atoms with van der Waals surface area (Å²) in [5, 5.41) is 5.98. The van der Waals surface area contributed by atoms with E-state index in [4.69, 9.17) is 9.47 Å². The van der Waals surface area contributed by atoms with Gasteiger partial charge in [0.1, 0.15) is 0 Å². The van der Waals surface area contributed by atoms with Crippen molar-refractivity contribution in [2.45, 2.75) is 46.0 Å². The van der Waals surface area contributed by atoms with Crippen molar-refractivity contribution < 1.29 is 19.1 Å². The summed E-state index contributed by atoms with van der Waals surface area (Å²) in [5.41, 5.74) is 0.716. The largest absolute Gasteiger partial charge is 0.454 e. The van der Waals surface area contributed by atoms with E-state index in [1.165, 1.54) is 0 Å². The highest BCUT2D eigenvalue weighted by Gasteiger charge is 2.30. The van der Waals surface area contributed by atoms with Gasteiger partial charge in [-0.15, -0.1) is 0 Å². The lowest BCUT2D eigenvalue weighted by atomic mass is 9.81. The molecule has 1 aromatic rings. The van der Waals surface area contributed by atoms with Crippen LogP contribution < -0.4 is 20.1 Å². The minimum atomic E-state index is -0.0415. The Labute approximate surface area is 154 Å². The van der Waals surface area contributed by atoms with Gasteiger partial charge in [0.05, 0.1) is 0 Å². The predicted molar refractivity (Wildman–Crippen MR) is 99.1 cm³/mol. The molecular weight excluding hydrogens is 332 g/mol. The molecule has 2 amide bonds. The summed E-state index contributed by atoms with van der Waals surface area (Å²) in [4.78, 5) is 24.7. The van der Waals surface area contributed by atoms with Crippen LogP contribution in [0.4, 0.5) is 5.69 Å². The minimum absolute atomic E-state index is 0.0162. The molecule has 1 fully saturated rings. The van der Waals surface area contributed by atoms with Crippen LogP contribution in [-0.2, 0) is 9.59 Å². The number of carbonyl (C=O) groups is 2. The summed E-state index contributed by atoms with van der Waals surface area (Å²) >= 11 is 0. The zero-order chi connectivity index (χ0) is 18.5. The van der Waals surface area contributed by atoms with Crippen molar-refractivity contribution in [3.63, 3.8) is 0 Å². The van der Waals surface area contributed by atoms with Crippen molar-refractivity contribution in [1.82, 2.24) is 5.32 Å². The molecule has 1 saturated carbocycles. The van der Waals surface area contributed by atoms with Gasteiger partial charge in [0.2, 0.25) is 18.6 Å². The molecule has 2 aliphatic rings. The number of carbonyl (C=O) groups excluding carboxylic acids is 2. The molecule has 6 heteroatoms. The van der Waals surface area contributed by atoms with E-state index in [-0.39, 0.29) is 30.4 Å². The Balaban J connectivity index is 1.44. The Morgan fingerprint density at radius 2 is 1.69 bits per heavy atom. The average Bonchev–Trinajstić information content (AvgIpc) is 3.09. The third kappa shape index (κ3) is 4.68. The normalized spacial score (nSPS) is 21.5. The van der Waals surface area contributed by atoms with Gasteiger partial charge in [0, 0.05) is 30.1 Å². The lowest BCUT2D eigenvalue weighted by Crippen LogP contribution is -2.36. The van der Waals surface area contributed by atoms with Crippen molar-refractivity contribution >= 4 is 17.5 Å². The van der Waals surface area contributed by atoms with E-state index in [2.05, 4.69) is 24.5 Å². The molecule has 0 radical (unpaired) electrons. The fraction of sp³-hybridized carbons (Fsp3) is 0.600. The van der Waals surface area contributed by atoms with Crippen molar-refractivity contribution in [3.05, 3.63) is 18.2 Å². The number of benzene rings is 1. The second-order valence-electron chi connectivity index (χ2n) is 7.58. The zero-order valence-electron chi connectivity index (χ0n) is 15.5. The molecular formula is C20H28N2O4. The fourth-order valence-electron chi connectivity index (χ4n) is 3.46. The van der Waals surface area contributed by atoms with Crippen molar-refractivity contribution in [2.75, 3.05) is 18.7 Å². The van der Waals surface area contributed by atoms with Crippen LogP contribution in [0.5, 0.6) is 11.5 Å². The van der Waals surface area contributed by atoms with Crippen molar-refractivity contribution in [1.29, 1.82) is 0 Å². The minimum Gasteiger partial charge on any atom is -0.454 e. The SMILES string of the molecule is CC(C)CCNC(=O)C1CCC(C(=O)Nc2ccc3c(c2)OCO3)CC1. The number of anilines is 1. The van der Waals surface area contributed by atoms with E-state index in [9.17, 15) is 9.59 Å². The third-order valence-corrected chi connectivity index (χ3v) is 5.13. The van der Waals surface area contributed by atoms with Crippen LogP contribution in [0, 0.1) is 17.8 Å². The first kappa shape index (κ1) is 18.5. The lowest BCUT2D eigenvalue weighted by molar-refractivity contribution is -0.128. The first-order valence-corrected chi connectivity index (χ1v) is 9.51. The van der Waals surface area contributed by atoms with Gasteiger partial charge in [0.15, 0.2) is 11.5 Å². The number of hydrogen-bond donors (Lipinski definition) is 2. The average molecular weight is 360 g/mol. The van der Waals surface area contributed by atoms with Gasteiger partial charge in [-0.2, -0.15) is 0 Å². The smallest absolute Gasteiger partial charge is 0.231 e. The van der Waals surface area contributed by atoms with Crippen LogP contribution in [-0.4, -0.2) is 25.2 Å². The highest BCUT2D eigenvalue weighted by atomic mass is 16.7. The number of rotatable bonds is 6. The predicted octanol–water partition coefficient (Wildman–Crippen LogP) is 3.32. The number of ether oxygens (including phenoxy) is 2. The van der Waals surface area contributed by atoms with Gasteiger partial charge in [-0.25, -0.2) is 0 Å². The molecule has 0 atom stereocenters. The van der Waals surface area contributed by atoms with E-state index in [1.807, 2.05) is 6.07 Å². The Bertz CT molecular complexity index is 651. The molecule has 142 valence electrons. The first-order chi connectivity index (χ1) is 12.5. The van der Waals surface area contributed by atoms with Gasteiger partial charge in [0.25, 0.3) is 0 Å². The topological polar surface area (TPSA) is 76.7 Å². The second kappa shape index (κ2) is 8.43. The molecule has 1 aliphatic carbocycles. The maximum atomic E-state index is 12.5. The summed E-state index contributed by atoms with van der Waals surface area (Å²) in [7, 11) is 0. The lowest BCUT2D eigenvalue weighted by Gasteiger charge is -2.27. The summed E-state index contributed by atoms with van der Waals surface area (Å²) in [6, 6.07) is 5.41. The molecule has 2 N–H and O–H groups in total. The molecule has 6 nitrogen and oxygen atoms in total. The highest BCUT2D eigenvalue weighted by Crippen LogP contribution is 2.35. The van der Waals surface area contributed by atoms with Gasteiger partial charge < -0.3 is 20.1 Å². The molecule has 1 aromatic carbocycles. The van der Waals surface area contributed by atoms with Crippen molar-refractivity contribution in [3.8, 4) is 11.5 Å². The fourth-order valence-corrected chi connectivity index (χ4v) is 3.46. The second-order valence-corrected chi connectivity index (χ2v) is 7.58. The summed E-state index contributed by atoms with van der Waals surface area (Å²) in [6.45, 7) is 5.25. The van der Waals surface area contributed by atoms with Crippen LogP contribution in [0.2, 0.25) is 0 Å². The molecule has 26 heavy (non-hydrogen) atoms. The van der Waals surface area contributed by atoms with Gasteiger partial charge in [-0.1, -0.05) is 13.8 Å². The molecule has 0 aromatic heterocycles. The van der Waals surface area contributed by atoms with Crippen LogP contribution >= 0.6 is 0 Å². The first-order valence-electron chi connectivity index (χ1n) is 9.51. The Hall–Kier alpha value is -2.24. The number of hydrogen-bond acceptors (Lipinski definition) is 4. The molecule has 0 saturated heterocycles. The molecule has 3 rings (SSSR count). The molecule has 0 unspecified atom stereocenters. The van der Waals surface area contributed by atoms with Gasteiger partial charge in [-0.05, 0) is 50.2 Å². The zero-order valence-corrected chi connectivity index (χ0v) is 15.5. The van der Waals surface area contributed by atoms with Crippen molar-refractivity contribution in [2.24, 2.45) is 17.8 Å². The molecule has 0 bridgehead atoms. The van der Waals surface area contributed by atoms with E-state index in [1.54, 1.807) is 12.1 Å². The van der Waals surface area contributed by atoms with Gasteiger partial charge in [-0.3, -0.25) is 9.59 Å². The number of amides is 2. The maximum absolute atomic E-state index is 12.5. The van der Waals surface area contributed by atoms with E-state index >= 15 is 0 Å². The van der Waals surface area contributed by atoms with E-state index in [0.29, 0.717) is 23.1 Å². The van der Waals surface area contributed by atoms with Crippen LogP contribution in [0.1, 0.15) is 46.0 Å². The van der Waals surface area contributed by atoms with Gasteiger partial charge >= 0.3 is 0 Å². The summed E-state index contributed by atoms with van der Waals surface area (Å²) in [5.74, 6) is 2.10. The monoisotopic (exact) mass is 360 g/mol. The highest BCUT2D eigenvalue weighted by molar-refractivity contribution is 5.93. The third-order valence-electron chi connectivity index (χ3n) is 5.13. The van der Waals surface area contributed by atoms with E-state index in [0.717, 1.165) is 38.6 Å². The molecule has 1 aliphatic heterocycles. The standard InChI is InChI=1S/C20H28N2O4/c1-13(2)9-10-21-19(23)14-3-5-15(6-4-14)20(24)22-16-7-8-17-18(11-16)26-12-25-17/h7-8,11,13-15H,3-6,9-10,12H2,1-2H3,(H,21,23)(H,22,24). The quantitative estimate of drug-likeness (QED) is 0.816. The Morgan fingerprint density at radius 3 is 2.38 bits per heavy atom. The number of fused-ring (bicyclic) bond motifs is 1. The molecule has 1 heterocycles. The summed E-state index contributed by atoms with van der Waals surface area (Å²) in [6.07, 6.45) is 4.04. The molecule has 0 spiro atoms. The van der Waals surface area contributed by atoms with Crippen LogP contribution in [0.15, 0.2) is 18.2 Å². The maximum Gasteiger partial charge on any atom is 0.231 e. The number of nitrogens with one attached hydrogen (secondary N) is 2. The van der Waals surface area contributed by atoms with E-state index < -0.39 is 0 Å². The summed E-state index contributed by atoms with van der Waals surface area (Å²) < 4.78 is 10.6. The Morgan fingerprint density at radius 1 is 1.04 bits per heavy atom. The van der Waals surface area contributed by atoms with Crippen LogP contribution in [0.3, 0.4) is 0 Å².